The van der Waals surface area contributed by atoms with Crippen molar-refractivity contribution in [2.75, 3.05) is 6.54 Å². The molecule has 0 spiro atoms. The normalized spacial score (nSPS) is 11.2. The largest absolute Gasteiger partial charge is 0.345 e. The number of Topliss-reactive ketones (excluding diaryl/α,β-unsaturated/α-hetero) is 1. The molecule has 0 saturated heterocycles. The van der Waals surface area contributed by atoms with Crippen molar-refractivity contribution in [3.8, 4) is 0 Å². The van der Waals surface area contributed by atoms with Gasteiger partial charge in [0.25, 0.3) is 5.91 Å². The minimum absolute atomic E-state index is 0.0152. The molecule has 0 bridgehead atoms. The van der Waals surface area contributed by atoms with Crippen molar-refractivity contribution in [2.45, 2.75) is 20.8 Å². The number of halogens is 2. The number of hydrogen-bond donors (Lipinski definition) is 1. The molecule has 0 aromatic heterocycles. The number of carbonyl (C=O) groups is 2. The SMILES string of the molecule is CC(C)(C)C(=O)CNC(=O)c1cc(Cl)ccc1Br. The Kier molecular flexibility index (Phi) is 4.93. The molecule has 0 saturated carbocycles. The molecule has 0 radical (unpaired) electrons. The molecular weight excluding hydrogens is 318 g/mol. The summed E-state index contributed by atoms with van der Waals surface area (Å²) >= 11 is 9.10. The predicted molar refractivity (Wildman–Crippen MR) is 75.9 cm³/mol. The van der Waals surface area contributed by atoms with Crippen LogP contribution in [-0.4, -0.2) is 18.2 Å². The minimum Gasteiger partial charge on any atom is -0.345 e. The second-order valence-corrected chi connectivity index (χ2v) is 6.27. The van der Waals surface area contributed by atoms with Crippen LogP contribution in [0.4, 0.5) is 0 Å². The highest BCUT2D eigenvalue weighted by atomic mass is 79.9. The summed E-state index contributed by atoms with van der Waals surface area (Å²) < 4.78 is 0.646. The zero-order chi connectivity index (χ0) is 13.9. The Morgan fingerprint density at radius 2 is 1.94 bits per heavy atom. The van der Waals surface area contributed by atoms with Crippen LogP contribution in [0.15, 0.2) is 22.7 Å². The van der Waals surface area contributed by atoms with E-state index in [1.165, 1.54) is 0 Å². The van der Waals surface area contributed by atoms with Crippen LogP contribution in [0.25, 0.3) is 0 Å². The molecule has 5 heteroatoms. The van der Waals surface area contributed by atoms with Crippen molar-refractivity contribution in [3.05, 3.63) is 33.3 Å². The van der Waals surface area contributed by atoms with E-state index >= 15 is 0 Å². The second kappa shape index (κ2) is 5.85. The van der Waals surface area contributed by atoms with Gasteiger partial charge in [-0.1, -0.05) is 32.4 Å². The molecule has 1 aromatic rings. The molecule has 1 rings (SSSR count). The Balaban J connectivity index is 2.72. The van der Waals surface area contributed by atoms with E-state index in [0.29, 0.717) is 15.1 Å². The molecule has 18 heavy (non-hydrogen) atoms. The summed E-state index contributed by atoms with van der Waals surface area (Å²) in [6, 6.07) is 4.94. The lowest BCUT2D eigenvalue weighted by Crippen LogP contribution is -2.35. The Morgan fingerprint density at radius 3 is 2.50 bits per heavy atom. The lowest BCUT2D eigenvalue weighted by molar-refractivity contribution is -0.125. The van der Waals surface area contributed by atoms with Gasteiger partial charge in [0.1, 0.15) is 0 Å². The Labute approximate surface area is 120 Å². The summed E-state index contributed by atoms with van der Waals surface area (Å²) in [5, 5.41) is 3.07. The lowest BCUT2D eigenvalue weighted by Gasteiger charge is -2.16. The highest BCUT2D eigenvalue weighted by Gasteiger charge is 2.22. The van der Waals surface area contributed by atoms with E-state index in [0.717, 1.165) is 0 Å². The first-order valence-electron chi connectivity index (χ1n) is 5.48. The maximum atomic E-state index is 11.9. The molecular formula is C13H15BrClNO2. The highest BCUT2D eigenvalue weighted by molar-refractivity contribution is 9.10. The van der Waals surface area contributed by atoms with Crippen LogP contribution in [0.1, 0.15) is 31.1 Å². The molecule has 3 nitrogen and oxygen atoms in total. The third-order valence-electron chi connectivity index (χ3n) is 2.42. The fourth-order valence-electron chi connectivity index (χ4n) is 1.19. The van der Waals surface area contributed by atoms with Crippen LogP contribution in [0.5, 0.6) is 0 Å². The average molecular weight is 333 g/mol. The Bertz CT molecular complexity index is 480. The first-order valence-corrected chi connectivity index (χ1v) is 6.65. The molecule has 0 heterocycles. The molecule has 1 aromatic carbocycles. The van der Waals surface area contributed by atoms with Gasteiger partial charge in [-0.2, -0.15) is 0 Å². The smallest absolute Gasteiger partial charge is 0.252 e. The molecule has 1 N–H and O–H groups in total. The quantitative estimate of drug-likeness (QED) is 0.921. The van der Waals surface area contributed by atoms with Crippen molar-refractivity contribution < 1.29 is 9.59 Å². The number of ketones is 1. The van der Waals surface area contributed by atoms with Gasteiger partial charge in [-0.3, -0.25) is 9.59 Å². The van der Waals surface area contributed by atoms with Gasteiger partial charge in [0.2, 0.25) is 0 Å². The maximum absolute atomic E-state index is 11.9. The number of nitrogens with one attached hydrogen (secondary N) is 1. The van der Waals surface area contributed by atoms with Gasteiger partial charge in [0.05, 0.1) is 12.1 Å². The standard InChI is InChI=1S/C13H15BrClNO2/c1-13(2,3)11(17)7-16-12(18)9-6-8(15)4-5-10(9)14/h4-6H,7H2,1-3H3,(H,16,18). The molecule has 1 amide bonds. The molecule has 0 unspecified atom stereocenters. The van der Waals surface area contributed by atoms with E-state index < -0.39 is 5.41 Å². The number of carbonyl (C=O) groups excluding carboxylic acids is 2. The first-order chi connectivity index (χ1) is 8.21. The molecule has 0 aliphatic heterocycles. The fraction of sp³-hybridized carbons (Fsp3) is 0.385. The fourth-order valence-corrected chi connectivity index (χ4v) is 1.79. The van der Waals surface area contributed by atoms with Gasteiger partial charge in [-0.25, -0.2) is 0 Å². The van der Waals surface area contributed by atoms with E-state index in [9.17, 15) is 9.59 Å². The predicted octanol–water partition coefficient (Wildman–Crippen LogP) is 3.45. The van der Waals surface area contributed by atoms with E-state index in [4.69, 9.17) is 11.6 Å². The summed E-state index contributed by atoms with van der Waals surface area (Å²) in [6.07, 6.45) is 0. The van der Waals surface area contributed by atoms with E-state index in [2.05, 4.69) is 21.2 Å². The van der Waals surface area contributed by atoms with Crippen LogP contribution in [0, 0.1) is 5.41 Å². The summed E-state index contributed by atoms with van der Waals surface area (Å²) in [5.41, 5.74) is -0.0389. The molecule has 0 fully saturated rings. The van der Waals surface area contributed by atoms with Crippen molar-refractivity contribution in [2.24, 2.45) is 5.41 Å². The van der Waals surface area contributed by atoms with Crippen molar-refractivity contribution in [3.63, 3.8) is 0 Å². The number of rotatable bonds is 3. The van der Waals surface area contributed by atoms with Crippen molar-refractivity contribution >= 4 is 39.2 Å². The van der Waals surface area contributed by atoms with Crippen LogP contribution in [-0.2, 0) is 4.79 Å². The number of amides is 1. The molecule has 0 aliphatic rings. The number of hydrogen-bond acceptors (Lipinski definition) is 2. The molecule has 0 aliphatic carbocycles. The van der Waals surface area contributed by atoms with Crippen LogP contribution < -0.4 is 5.32 Å². The van der Waals surface area contributed by atoms with E-state index in [-0.39, 0.29) is 18.2 Å². The van der Waals surface area contributed by atoms with Gasteiger partial charge in [-0.05, 0) is 34.1 Å². The van der Waals surface area contributed by atoms with Gasteiger partial charge in [0, 0.05) is 14.9 Å². The monoisotopic (exact) mass is 331 g/mol. The van der Waals surface area contributed by atoms with Crippen LogP contribution in [0.3, 0.4) is 0 Å². The van der Waals surface area contributed by atoms with Gasteiger partial charge < -0.3 is 5.32 Å². The third-order valence-corrected chi connectivity index (χ3v) is 3.35. The van der Waals surface area contributed by atoms with Crippen molar-refractivity contribution in [1.29, 1.82) is 0 Å². The average Bonchev–Trinajstić information content (AvgIpc) is 2.27. The zero-order valence-corrected chi connectivity index (χ0v) is 12.9. The van der Waals surface area contributed by atoms with E-state index in [1.807, 2.05) is 20.8 Å². The number of benzene rings is 1. The lowest BCUT2D eigenvalue weighted by atomic mass is 9.91. The van der Waals surface area contributed by atoms with Crippen molar-refractivity contribution in [1.82, 2.24) is 5.32 Å². The van der Waals surface area contributed by atoms with Crippen LogP contribution in [0.2, 0.25) is 5.02 Å². The van der Waals surface area contributed by atoms with Gasteiger partial charge in [0.15, 0.2) is 5.78 Å². The summed E-state index contributed by atoms with van der Waals surface area (Å²) in [7, 11) is 0. The van der Waals surface area contributed by atoms with E-state index in [1.54, 1.807) is 18.2 Å². The molecule has 98 valence electrons. The summed E-state index contributed by atoms with van der Waals surface area (Å²) in [4.78, 5) is 23.6. The first kappa shape index (κ1) is 15.2. The summed E-state index contributed by atoms with van der Waals surface area (Å²) in [6.45, 7) is 5.46. The summed E-state index contributed by atoms with van der Waals surface area (Å²) in [5.74, 6) is -0.337. The van der Waals surface area contributed by atoms with Gasteiger partial charge >= 0.3 is 0 Å². The van der Waals surface area contributed by atoms with Gasteiger partial charge in [-0.15, -0.1) is 0 Å². The maximum Gasteiger partial charge on any atom is 0.252 e. The zero-order valence-electron chi connectivity index (χ0n) is 10.5. The highest BCUT2D eigenvalue weighted by Crippen LogP contribution is 2.21. The minimum atomic E-state index is -0.459. The topological polar surface area (TPSA) is 46.2 Å². The Morgan fingerprint density at radius 1 is 1.33 bits per heavy atom. The Hall–Kier alpha value is -0.870. The molecule has 0 atom stereocenters. The van der Waals surface area contributed by atoms with Crippen LogP contribution >= 0.6 is 27.5 Å². The third kappa shape index (κ3) is 4.10. The second-order valence-electron chi connectivity index (χ2n) is 4.98.